The van der Waals surface area contributed by atoms with Gasteiger partial charge in [-0.3, -0.25) is 0 Å². The van der Waals surface area contributed by atoms with Crippen LogP contribution in [-0.4, -0.2) is 40.8 Å². The number of rotatable bonds is 6. The number of amides is 1. The molecule has 3 aromatic rings. The van der Waals surface area contributed by atoms with E-state index in [4.69, 9.17) is 14.3 Å². The van der Waals surface area contributed by atoms with Gasteiger partial charge >= 0.3 is 6.09 Å². The number of nitrogens with zero attached hydrogens (tertiary/aromatic N) is 2. The molecule has 1 N–H and O–H groups in total. The van der Waals surface area contributed by atoms with Crippen molar-refractivity contribution in [2.75, 3.05) is 19.7 Å². The van der Waals surface area contributed by atoms with E-state index in [1.807, 2.05) is 61.5 Å². The van der Waals surface area contributed by atoms with Crippen molar-refractivity contribution in [2.24, 2.45) is 0 Å². The Balaban J connectivity index is 1.36. The highest BCUT2D eigenvalue weighted by atomic mass is 16.5. The molecule has 1 saturated heterocycles. The lowest BCUT2D eigenvalue weighted by Crippen LogP contribution is -2.26. The fraction of sp³-hybridized carbons (Fsp3) is 0.304. The van der Waals surface area contributed by atoms with Gasteiger partial charge in [-0.25, -0.2) is 9.78 Å². The summed E-state index contributed by atoms with van der Waals surface area (Å²) in [5, 5.41) is 9.14. The molecule has 0 saturated carbocycles. The van der Waals surface area contributed by atoms with Crippen LogP contribution < -0.4 is 4.74 Å². The van der Waals surface area contributed by atoms with E-state index < -0.39 is 6.09 Å². The second-order valence-corrected chi connectivity index (χ2v) is 7.27. The molecular weight excluding hydrogens is 368 g/mol. The van der Waals surface area contributed by atoms with E-state index in [0.717, 1.165) is 34.8 Å². The van der Waals surface area contributed by atoms with Crippen molar-refractivity contribution in [1.29, 1.82) is 0 Å². The summed E-state index contributed by atoms with van der Waals surface area (Å²) < 4.78 is 11.7. The van der Waals surface area contributed by atoms with E-state index in [1.54, 1.807) is 0 Å². The molecule has 1 aromatic heterocycles. The summed E-state index contributed by atoms with van der Waals surface area (Å²) in [6, 6.07) is 17.8. The zero-order chi connectivity index (χ0) is 20.2. The molecule has 2 heterocycles. The minimum atomic E-state index is -0.849. The Morgan fingerprint density at radius 3 is 2.83 bits per heavy atom. The van der Waals surface area contributed by atoms with E-state index in [0.29, 0.717) is 32.0 Å². The Labute approximate surface area is 169 Å². The minimum Gasteiger partial charge on any atom is -0.493 e. The smallest absolute Gasteiger partial charge is 0.407 e. The molecule has 4 rings (SSSR count). The second-order valence-electron chi connectivity index (χ2n) is 7.27. The predicted octanol–water partition coefficient (Wildman–Crippen LogP) is 4.74. The fourth-order valence-electron chi connectivity index (χ4n) is 3.69. The van der Waals surface area contributed by atoms with Gasteiger partial charge < -0.3 is 19.2 Å². The number of carbonyl (C=O) groups is 1. The number of aromatic nitrogens is 1. The van der Waals surface area contributed by atoms with Gasteiger partial charge in [-0.05, 0) is 43.2 Å². The molecule has 1 aliphatic rings. The first kappa shape index (κ1) is 19.1. The highest BCUT2D eigenvalue weighted by Gasteiger charge is 2.27. The minimum absolute atomic E-state index is 0.223. The van der Waals surface area contributed by atoms with E-state index in [1.165, 1.54) is 4.90 Å². The molecule has 1 amide bonds. The summed E-state index contributed by atoms with van der Waals surface area (Å²) in [7, 11) is 0. The highest BCUT2D eigenvalue weighted by Crippen LogP contribution is 2.29. The Bertz CT molecular complexity index is 984. The van der Waals surface area contributed by atoms with Crippen LogP contribution in [0.3, 0.4) is 0 Å². The zero-order valence-electron chi connectivity index (χ0n) is 16.4. The van der Waals surface area contributed by atoms with Gasteiger partial charge in [0.25, 0.3) is 0 Å². The van der Waals surface area contributed by atoms with Crippen LogP contribution in [0.15, 0.2) is 59.0 Å². The van der Waals surface area contributed by atoms with Crippen LogP contribution >= 0.6 is 0 Å². The molecule has 0 bridgehead atoms. The third-order valence-electron chi connectivity index (χ3n) is 5.31. The predicted molar refractivity (Wildman–Crippen MR) is 109 cm³/mol. The lowest BCUT2D eigenvalue weighted by atomic mass is 9.98. The molecule has 1 atom stereocenters. The van der Waals surface area contributed by atoms with Crippen LogP contribution in [-0.2, 0) is 6.42 Å². The van der Waals surface area contributed by atoms with Gasteiger partial charge in [0.05, 0.1) is 12.3 Å². The van der Waals surface area contributed by atoms with Gasteiger partial charge in [-0.1, -0.05) is 30.3 Å². The Morgan fingerprint density at radius 1 is 1.24 bits per heavy atom. The molecule has 1 aliphatic heterocycles. The number of benzene rings is 2. The van der Waals surface area contributed by atoms with Crippen molar-refractivity contribution in [3.8, 4) is 17.2 Å². The Morgan fingerprint density at radius 2 is 2.07 bits per heavy atom. The van der Waals surface area contributed by atoms with Gasteiger partial charge in [0.2, 0.25) is 5.89 Å². The van der Waals surface area contributed by atoms with Crippen molar-refractivity contribution in [1.82, 2.24) is 9.88 Å². The number of likely N-dealkylation sites (tertiary alicyclic amines) is 1. The molecule has 150 valence electrons. The summed E-state index contributed by atoms with van der Waals surface area (Å²) in [6.07, 6.45) is 0.649. The number of oxazole rings is 1. The third kappa shape index (κ3) is 4.42. The molecule has 1 fully saturated rings. The molecule has 6 nitrogen and oxygen atoms in total. The maximum absolute atomic E-state index is 11.1. The first-order valence-electron chi connectivity index (χ1n) is 9.82. The van der Waals surface area contributed by atoms with Crippen LogP contribution in [0.5, 0.6) is 5.75 Å². The zero-order valence-corrected chi connectivity index (χ0v) is 16.4. The average Bonchev–Trinajstić information content (AvgIpc) is 3.37. The van der Waals surface area contributed by atoms with Crippen LogP contribution in [0.2, 0.25) is 0 Å². The molecular formula is C23H24N2O4. The summed E-state index contributed by atoms with van der Waals surface area (Å²) in [4.78, 5) is 17.2. The fourth-order valence-corrected chi connectivity index (χ4v) is 3.69. The molecule has 0 radical (unpaired) electrons. The van der Waals surface area contributed by atoms with Crippen molar-refractivity contribution < 1.29 is 19.1 Å². The van der Waals surface area contributed by atoms with Crippen LogP contribution in [0.4, 0.5) is 4.79 Å². The van der Waals surface area contributed by atoms with E-state index in [-0.39, 0.29) is 5.92 Å². The standard InChI is InChI=1S/C23H24N2O4/c1-16-21(24-22(29-16)17-6-3-2-4-7-17)11-13-28-20-9-5-8-18(14-20)19-10-12-25(15-19)23(26)27/h2-9,14,19H,10-13,15H2,1H3,(H,26,27)/t19-/m0/s1. The molecule has 0 spiro atoms. The van der Waals surface area contributed by atoms with Crippen LogP contribution in [0.1, 0.15) is 29.4 Å². The first-order chi connectivity index (χ1) is 14.1. The quantitative estimate of drug-likeness (QED) is 0.656. The largest absolute Gasteiger partial charge is 0.493 e. The van der Waals surface area contributed by atoms with Crippen molar-refractivity contribution in [2.45, 2.75) is 25.7 Å². The topological polar surface area (TPSA) is 75.8 Å². The van der Waals surface area contributed by atoms with Crippen molar-refractivity contribution >= 4 is 6.09 Å². The van der Waals surface area contributed by atoms with E-state index in [9.17, 15) is 4.79 Å². The summed E-state index contributed by atoms with van der Waals surface area (Å²) in [5.74, 6) is 2.45. The number of hydrogen-bond donors (Lipinski definition) is 1. The lowest BCUT2D eigenvalue weighted by Gasteiger charge is -2.14. The third-order valence-corrected chi connectivity index (χ3v) is 5.31. The SMILES string of the molecule is Cc1oc(-c2ccccc2)nc1CCOc1cccc([C@H]2CCN(C(=O)O)C2)c1. The Kier molecular flexibility index (Phi) is 5.51. The molecule has 29 heavy (non-hydrogen) atoms. The molecule has 0 aliphatic carbocycles. The lowest BCUT2D eigenvalue weighted by molar-refractivity contribution is 0.155. The van der Waals surface area contributed by atoms with Gasteiger partial charge in [0.1, 0.15) is 11.5 Å². The number of hydrogen-bond acceptors (Lipinski definition) is 4. The van der Waals surface area contributed by atoms with Gasteiger partial charge in [-0.2, -0.15) is 0 Å². The normalized spacial score (nSPS) is 16.2. The Hall–Kier alpha value is -3.28. The van der Waals surface area contributed by atoms with Gasteiger partial charge in [0.15, 0.2) is 0 Å². The maximum atomic E-state index is 11.1. The van der Waals surface area contributed by atoms with E-state index in [2.05, 4.69) is 4.98 Å². The first-order valence-corrected chi connectivity index (χ1v) is 9.82. The average molecular weight is 392 g/mol. The summed E-state index contributed by atoms with van der Waals surface area (Å²) in [6.45, 7) is 3.54. The van der Waals surface area contributed by atoms with Crippen LogP contribution in [0, 0.1) is 6.92 Å². The monoisotopic (exact) mass is 392 g/mol. The van der Waals surface area contributed by atoms with Crippen molar-refractivity contribution in [3.05, 3.63) is 71.6 Å². The number of aryl methyl sites for hydroxylation is 1. The highest BCUT2D eigenvalue weighted by molar-refractivity contribution is 5.65. The van der Waals surface area contributed by atoms with Crippen molar-refractivity contribution in [3.63, 3.8) is 0 Å². The second kappa shape index (κ2) is 8.39. The molecule has 0 unspecified atom stereocenters. The molecule has 2 aromatic carbocycles. The summed E-state index contributed by atoms with van der Waals surface area (Å²) >= 11 is 0. The number of carboxylic acid groups (broad SMARTS) is 1. The van der Waals surface area contributed by atoms with Gasteiger partial charge in [0, 0.05) is 31.0 Å². The van der Waals surface area contributed by atoms with E-state index >= 15 is 0 Å². The summed E-state index contributed by atoms with van der Waals surface area (Å²) in [5.41, 5.74) is 2.98. The molecule has 6 heteroatoms. The maximum Gasteiger partial charge on any atom is 0.407 e. The van der Waals surface area contributed by atoms with Gasteiger partial charge in [-0.15, -0.1) is 0 Å². The van der Waals surface area contributed by atoms with Crippen LogP contribution in [0.25, 0.3) is 11.5 Å². The number of ether oxygens (including phenoxy) is 1.